The average molecular weight is 474 g/mol. The molecule has 1 amide bonds. The number of fused-ring (bicyclic) bond motifs is 1. The molecule has 4 aromatic rings. The molecule has 1 aromatic heterocycles. The maximum absolute atomic E-state index is 14.5. The van der Waals surface area contributed by atoms with Gasteiger partial charge in [-0.3, -0.25) is 4.79 Å². The second kappa shape index (κ2) is 10.7. The number of hydrogen-bond acceptors (Lipinski definition) is 3. The summed E-state index contributed by atoms with van der Waals surface area (Å²) in [5.74, 6) is -0.545. The van der Waals surface area contributed by atoms with Gasteiger partial charge in [0, 0.05) is 41.0 Å². The molecule has 182 valence electrons. The molecule has 0 unspecified atom stereocenters. The zero-order valence-electron chi connectivity index (χ0n) is 20.2. The van der Waals surface area contributed by atoms with Crippen molar-refractivity contribution in [2.24, 2.45) is 5.41 Å². The first-order valence-electron chi connectivity index (χ1n) is 11.9. The number of nitrogens with zero attached hydrogens (tertiary/aromatic N) is 1. The Labute approximate surface area is 205 Å². The molecule has 0 saturated carbocycles. The fourth-order valence-corrected chi connectivity index (χ4v) is 4.23. The number of aromatic nitrogens is 1. The van der Waals surface area contributed by atoms with E-state index < -0.39 is 0 Å². The minimum Gasteiger partial charge on any atom is -0.396 e. The number of anilines is 2. The SMILES string of the molecule is CC(C)(CCO)CCNc1ccc2c(c1)cc(C(=O)Nc1ccccc1)n2Cc1ccccc1F. The Kier molecular flexibility index (Phi) is 7.51. The van der Waals surface area contributed by atoms with Gasteiger partial charge in [0.2, 0.25) is 0 Å². The summed E-state index contributed by atoms with van der Waals surface area (Å²) in [7, 11) is 0. The average Bonchev–Trinajstić information content (AvgIpc) is 3.19. The fraction of sp³-hybridized carbons (Fsp3) is 0.276. The van der Waals surface area contributed by atoms with Gasteiger partial charge in [-0.25, -0.2) is 4.39 Å². The topological polar surface area (TPSA) is 66.3 Å². The molecule has 0 bridgehead atoms. The highest BCUT2D eigenvalue weighted by atomic mass is 19.1. The molecular weight excluding hydrogens is 441 g/mol. The molecule has 4 rings (SSSR count). The number of rotatable bonds is 10. The van der Waals surface area contributed by atoms with Gasteiger partial charge in [-0.2, -0.15) is 0 Å². The molecule has 0 aliphatic heterocycles. The number of amides is 1. The minimum atomic E-state index is -0.299. The molecule has 3 aromatic carbocycles. The van der Waals surface area contributed by atoms with Crippen molar-refractivity contribution in [3.05, 3.63) is 95.9 Å². The van der Waals surface area contributed by atoms with Crippen LogP contribution < -0.4 is 10.6 Å². The second-order valence-corrected chi connectivity index (χ2v) is 9.62. The van der Waals surface area contributed by atoms with Crippen LogP contribution in [0.3, 0.4) is 0 Å². The van der Waals surface area contributed by atoms with Crippen LogP contribution in [-0.4, -0.2) is 28.7 Å². The van der Waals surface area contributed by atoms with Crippen molar-refractivity contribution in [1.82, 2.24) is 4.57 Å². The number of nitrogens with one attached hydrogen (secondary N) is 2. The molecule has 0 saturated heterocycles. The van der Waals surface area contributed by atoms with Gasteiger partial charge in [0.1, 0.15) is 11.5 Å². The number of aliphatic hydroxyl groups is 1. The van der Waals surface area contributed by atoms with Crippen LogP contribution >= 0.6 is 0 Å². The zero-order chi connectivity index (χ0) is 24.8. The number of carbonyl (C=O) groups is 1. The van der Waals surface area contributed by atoms with Gasteiger partial charge in [-0.1, -0.05) is 50.2 Å². The van der Waals surface area contributed by atoms with Crippen molar-refractivity contribution in [2.45, 2.75) is 33.2 Å². The molecular formula is C29H32FN3O2. The quantitative estimate of drug-likeness (QED) is 0.254. The lowest BCUT2D eigenvalue weighted by Gasteiger charge is -2.23. The molecule has 6 heteroatoms. The van der Waals surface area contributed by atoms with Gasteiger partial charge in [-0.05, 0) is 60.7 Å². The Bertz CT molecular complexity index is 1300. The van der Waals surface area contributed by atoms with E-state index in [9.17, 15) is 14.3 Å². The monoisotopic (exact) mass is 473 g/mol. The Morgan fingerprint density at radius 3 is 2.43 bits per heavy atom. The van der Waals surface area contributed by atoms with E-state index >= 15 is 0 Å². The molecule has 0 radical (unpaired) electrons. The maximum Gasteiger partial charge on any atom is 0.272 e. The third kappa shape index (κ3) is 6.08. The Morgan fingerprint density at radius 1 is 0.943 bits per heavy atom. The van der Waals surface area contributed by atoms with E-state index in [4.69, 9.17) is 0 Å². The normalized spacial score (nSPS) is 11.5. The van der Waals surface area contributed by atoms with Gasteiger partial charge in [0.25, 0.3) is 5.91 Å². The van der Waals surface area contributed by atoms with Crippen molar-refractivity contribution >= 4 is 28.2 Å². The van der Waals surface area contributed by atoms with Crippen LogP contribution in [0.5, 0.6) is 0 Å². The van der Waals surface area contributed by atoms with E-state index in [2.05, 4.69) is 24.5 Å². The van der Waals surface area contributed by atoms with Gasteiger partial charge < -0.3 is 20.3 Å². The summed E-state index contributed by atoms with van der Waals surface area (Å²) in [6, 6.07) is 23.8. The summed E-state index contributed by atoms with van der Waals surface area (Å²) < 4.78 is 16.3. The second-order valence-electron chi connectivity index (χ2n) is 9.62. The van der Waals surface area contributed by atoms with Gasteiger partial charge >= 0.3 is 0 Å². The van der Waals surface area contributed by atoms with E-state index in [1.807, 2.05) is 59.2 Å². The molecule has 3 N–H and O–H groups in total. The molecule has 1 heterocycles. The summed E-state index contributed by atoms with van der Waals surface area (Å²) in [5.41, 5.74) is 3.55. The van der Waals surface area contributed by atoms with Crippen molar-refractivity contribution in [1.29, 1.82) is 0 Å². The first-order chi connectivity index (χ1) is 16.9. The highest BCUT2D eigenvalue weighted by Crippen LogP contribution is 2.28. The largest absolute Gasteiger partial charge is 0.396 e. The lowest BCUT2D eigenvalue weighted by Crippen LogP contribution is -2.18. The van der Waals surface area contributed by atoms with Crippen LogP contribution in [0, 0.1) is 11.2 Å². The summed E-state index contributed by atoms with van der Waals surface area (Å²) in [5, 5.41) is 16.6. The highest BCUT2D eigenvalue weighted by molar-refractivity contribution is 6.06. The van der Waals surface area contributed by atoms with Crippen LogP contribution in [0.25, 0.3) is 10.9 Å². The standard InChI is InChI=1S/C29H32FN3O2/c1-29(2,15-17-34)14-16-31-24-12-13-26-22(18-24)19-27(28(35)32-23-9-4-3-5-10-23)33(26)20-21-8-6-7-11-25(21)30/h3-13,18-19,31,34H,14-17,20H2,1-2H3,(H,32,35). The number of hydrogen-bond donors (Lipinski definition) is 3. The van der Waals surface area contributed by atoms with Crippen LogP contribution in [0.4, 0.5) is 15.8 Å². The van der Waals surface area contributed by atoms with Gasteiger partial charge in [-0.15, -0.1) is 0 Å². The Balaban J connectivity index is 1.63. The molecule has 0 spiro atoms. The number of carbonyl (C=O) groups excluding carboxylic acids is 1. The van der Waals surface area contributed by atoms with Crippen molar-refractivity contribution < 1.29 is 14.3 Å². The van der Waals surface area contributed by atoms with E-state index in [0.717, 1.165) is 36.0 Å². The predicted molar refractivity (Wildman–Crippen MR) is 140 cm³/mol. The summed E-state index contributed by atoms with van der Waals surface area (Å²) >= 11 is 0. The van der Waals surface area contributed by atoms with Crippen LogP contribution in [0.15, 0.2) is 78.9 Å². The number of para-hydroxylation sites is 1. The first-order valence-corrected chi connectivity index (χ1v) is 11.9. The van der Waals surface area contributed by atoms with Crippen LogP contribution in [-0.2, 0) is 6.54 Å². The fourth-order valence-electron chi connectivity index (χ4n) is 4.23. The third-order valence-corrected chi connectivity index (χ3v) is 6.37. The zero-order valence-corrected chi connectivity index (χ0v) is 20.2. The Hall–Kier alpha value is -3.64. The van der Waals surface area contributed by atoms with Crippen LogP contribution in [0.2, 0.25) is 0 Å². The summed E-state index contributed by atoms with van der Waals surface area (Å²) in [6.07, 6.45) is 1.68. The number of aliphatic hydroxyl groups excluding tert-OH is 1. The number of benzene rings is 3. The predicted octanol–water partition coefficient (Wildman–Crippen LogP) is 6.29. The minimum absolute atomic E-state index is 0.0532. The molecule has 0 atom stereocenters. The Morgan fingerprint density at radius 2 is 1.69 bits per heavy atom. The lowest BCUT2D eigenvalue weighted by molar-refractivity contribution is 0.101. The van der Waals surface area contributed by atoms with Crippen molar-refractivity contribution in [3.63, 3.8) is 0 Å². The maximum atomic E-state index is 14.5. The van der Waals surface area contributed by atoms with Crippen molar-refractivity contribution in [3.8, 4) is 0 Å². The molecule has 0 aliphatic rings. The molecule has 0 aliphatic carbocycles. The molecule has 35 heavy (non-hydrogen) atoms. The third-order valence-electron chi connectivity index (χ3n) is 6.37. The summed E-state index contributed by atoms with van der Waals surface area (Å²) in [6.45, 7) is 5.50. The highest BCUT2D eigenvalue weighted by Gasteiger charge is 2.19. The molecule has 0 fully saturated rings. The van der Waals surface area contributed by atoms with Gasteiger partial charge in [0.15, 0.2) is 0 Å². The van der Waals surface area contributed by atoms with E-state index in [0.29, 0.717) is 16.9 Å². The van der Waals surface area contributed by atoms with E-state index in [1.54, 1.807) is 18.2 Å². The van der Waals surface area contributed by atoms with Gasteiger partial charge in [0.05, 0.1) is 6.54 Å². The lowest BCUT2D eigenvalue weighted by atomic mass is 9.86. The van der Waals surface area contributed by atoms with Crippen molar-refractivity contribution in [2.75, 3.05) is 23.8 Å². The van der Waals surface area contributed by atoms with E-state index in [-0.39, 0.29) is 30.3 Å². The summed E-state index contributed by atoms with van der Waals surface area (Å²) in [4.78, 5) is 13.2. The smallest absolute Gasteiger partial charge is 0.272 e. The van der Waals surface area contributed by atoms with Crippen LogP contribution in [0.1, 0.15) is 42.7 Å². The van der Waals surface area contributed by atoms with E-state index in [1.165, 1.54) is 6.07 Å². The number of halogens is 1. The molecule has 5 nitrogen and oxygen atoms in total. The first kappa shape index (κ1) is 24.5.